The molecule has 6 heteroatoms. The van der Waals surface area contributed by atoms with Crippen molar-refractivity contribution in [2.75, 3.05) is 0 Å². The number of halogens is 3. The fourth-order valence-electron chi connectivity index (χ4n) is 1.16. The lowest BCUT2D eigenvalue weighted by Gasteiger charge is -2.07. The monoisotopic (exact) mass is 244 g/mol. The molecule has 0 N–H and O–H groups in total. The van der Waals surface area contributed by atoms with Crippen molar-refractivity contribution >= 4 is 11.3 Å². The van der Waals surface area contributed by atoms with Crippen molar-refractivity contribution in [3.63, 3.8) is 0 Å². The number of hydrogen-bond donors (Lipinski definition) is 0. The SMILES string of the molecule is FC(F)(F)Oc1s[c]nc1-c1ccccc1. The summed E-state index contributed by atoms with van der Waals surface area (Å²) >= 11 is 0.693. The van der Waals surface area contributed by atoms with Crippen LogP contribution in [0, 0.1) is 5.51 Å². The molecule has 2 nitrogen and oxygen atoms in total. The van der Waals surface area contributed by atoms with Crippen LogP contribution < -0.4 is 4.74 Å². The highest BCUT2D eigenvalue weighted by atomic mass is 32.1. The Morgan fingerprint density at radius 2 is 1.88 bits per heavy atom. The Kier molecular flexibility index (Phi) is 2.82. The van der Waals surface area contributed by atoms with E-state index in [-0.39, 0.29) is 10.8 Å². The second kappa shape index (κ2) is 4.13. The van der Waals surface area contributed by atoms with Gasteiger partial charge in [-0.05, 0) is 0 Å². The maximum atomic E-state index is 12.1. The van der Waals surface area contributed by atoms with Gasteiger partial charge in [0.05, 0.1) is 0 Å². The highest BCUT2D eigenvalue weighted by molar-refractivity contribution is 7.11. The van der Waals surface area contributed by atoms with Crippen molar-refractivity contribution in [1.29, 1.82) is 0 Å². The van der Waals surface area contributed by atoms with E-state index >= 15 is 0 Å². The smallest absolute Gasteiger partial charge is 0.393 e. The number of hydrogen-bond acceptors (Lipinski definition) is 3. The van der Waals surface area contributed by atoms with Crippen LogP contribution in [0.4, 0.5) is 13.2 Å². The van der Waals surface area contributed by atoms with Gasteiger partial charge in [-0.25, -0.2) is 4.98 Å². The van der Waals surface area contributed by atoms with E-state index in [1.54, 1.807) is 30.3 Å². The second-order valence-electron chi connectivity index (χ2n) is 2.86. The van der Waals surface area contributed by atoms with E-state index in [9.17, 15) is 13.2 Å². The zero-order chi connectivity index (χ0) is 11.6. The third kappa shape index (κ3) is 2.52. The molecule has 1 heterocycles. The van der Waals surface area contributed by atoms with Crippen LogP contribution in [0.2, 0.25) is 0 Å². The van der Waals surface area contributed by atoms with Crippen LogP contribution in [0.5, 0.6) is 5.06 Å². The van der Waals surface area contributed by atoms with E-state index < -0.39 is 6.36 Å². The zero-order valence-corrected chi connectivity index (χ0v) is 8.60. The summed E-state index contributed by atoms with van der Waals surface area (Å²) in [5, 5.41) is -0.293. The summed E-state index contributed by atoms with van der Waals surface area (Å²) in [6, 6.07) is 8.51. The molecular weight excluding hydrogens is 239 g/mol. The largest absolute Gasteiger partial charge is 0.573 e. The van der Waals surface area contributed by atoms with Crippen LogP contribution in [-0.4, -0.2) is 11.3 Å². The summed E-state index contributed by atoms with van der Waals surface area (Å²) in [6.07, 6.45) is -4.70. The molecule has 0 unspecified atom stereocenters. The Hall–Kier alpha value is -1.56. The van der Waals surface area contributed by atoms with Crippen LogP contribution in [0.15, 0.2) is 30.3 Å². The summed E-state index contributed by atoms with van der Waals surface area (Å²) in [4.78, 5) is 3.74. The Labute approximate surface area is 93.3 Å². The summed E-state index contributed by atoms with van der Waals surface area (Å²) < 4.78 is 40.0. The molecule has 2 aromatic rings. The molecule has 0 amide bonds. The lowest BCUT2D eigenvalue weighted by atomic mass is 10.2. The van der Waals surface area contributed by atoms with E-state index in [0.29, 0.717) is 16.9 Å². The molecule has 1 radical (unpaired) electrons. The number of alkyl halides is 3. The Balaban J connectivity index is 2.33. The first kappa shape index (κ1) is 10.9. The molecule has 0 bridgehead atoms. The van der Waals surface area contributed by atoms with Gasteiger partial charge in [-0.15, -0.1) is 13.2 Å². The van der Waals surface area contributed by atoms with Crippen LogP contribution in [-0.2, 0) is 0 Å². The number of nitrogens with zero attached hydrogens (tertiary/aromatic N) is 1. The van der Waals surface area contributed by atoms with Gasteiger partial charge in [-0.1, -0.05) is 41.7 Å². The van der Waals surface area contributed by atoms with Gasteiger partial charge in [0.1, 0.15) is 5.69 Å². The number of rotatable bonds is 2. The van der Waals surface area contributed by atoms with Gasteiger partial charge in [0.15, 0.2) is 5.51 Å². The standard InChI is InChI=1S/C10H5F3NOS/c11-10(12,13)15-9-8(14-6-16-9)7-4-2-1-3-5-7/h1-5H. The van der Waals surface area contributed by atoms with Crippen molar-refractivity contribution in [2.24, 2.45) is 0 Å². The van der Waals surface area contributed by atoms with Crippen LogP contribution >= 0.6 is 11.3 Å². The normalized spacial score (nSPS) is 11.4. The summed E-state index contributed by atoms with van der Waals surface area (Å²) in [7, 11) is 0. The third-order valence-corrected chi connectivity index (χ3v) is 2.39. The summed E-state index contributed by atoms with van der Waals surface area (Å²) in [5.41, 5.74) is 3.11. The van der Waals surface area contributed by atoms with E-state index in [1.165, 1.54) is 0 Å². The molecule has 16 heavy (non-hydrogen) atoms. The van der Waals surface area contributed by atoms with Gasteiger partial charge >= 0.3 is 6.36 Å². The van der Waals surface area contributed by atoms with E-state index in [2.05, 4.69) is 15.2 Å². The average Bonchev–Trinajstić information content (AvgIpc) is 2.64. The predicted molar refractivity (Wildman–Crippen MR) is 53.1 cm³/mol. The Bertz CT molecular complexity index is 466. The number of benzene rings is 1. The maximum Gasteiger partial charge on any atom is 0.573 e. The second-order valence-corrected chi connectivity index (χ2v) is 3.61. The van der Waals surface area contributed by atoms with Gasteiger partial charge in [-0.3, -0.25) is 0 Å². The lowest BCUT2D eigenvalue weighted by molar-refractivity contribution is -0.273. The van der Waals surface area contributed by atoms with E-state index in [1.807, 2.05) is 0 Å². The van der Waals surface area contributed by atoms with Crippen LogP contribution in [0.1, 0.15) is 0 Å². The first-order valence-corrected chi connectivity index (χ1v) is 5.06. The number of aromatic nitrogens is 1. The molecule has 0 fully saturated rings. The predicted octanol–water partition coefficient (Wildman–Crippen LogP) is 3.51. The zero-order valence-electron chi connectivity index (χ0n) is 7.78. The molecule has 0 aliphatic rings. The first-order valence-electron chi connectivity index (χ1n) is 4.24. The summed E-state index contributed by atoms with van der Waals surface area (Å²) in [5.74, 6) is 0. The minimum absolute atomic E-state index is 0.155. The van der Waals surface area contributed by atoms with Crippen molar-refractivity contribution in [3.8, 4) is 16.3 Å². The Morgan fingerprint density at radius 3 is 2.50 bits per heavy atom. The fraction of sp³-hybridized carbons (Fsp3) is 0.100. The highest BCUT2D eigenvalue weighted by Crippen LogP contribution is 2.35. The molecule has 2 rings (SSSR count). The van der Waals surface area contributed by atoms with Gasteiger partial charge < -0.3 is 4.74 Å². The van der Waals surface area contributed by atoms with Gasteiger partial charge in [0, 0.05) is 5.56 Å². The molecule has 0 saturated heterocycles. The molecule has 0 aliphatic carbocycles. The number of ether oxygens (including phenoxy) is 1. The first-order chi connectivity index (χ1) is 7.56. The van der Waals surface area contributed by atoms with Gasteiger partial charge in [0.2, 0.25) is 5.06 Å². The fourth-order valence-corrected chi connectivity index (χ4v) is 1.77. The molecule has 1 aromatic carbocycles. The van der Waals surface area contributed by atoms with Gasteiger partial charge in [0.25, 0.3) is 0 Å². The highest BCUT2D eigenvalue weighted by Gasteiger charge is 2.33. The molecule has 0 spiro atoms. The quantitative estimate of drug-likeness (QED) is 0.806. The molecule has 0 atom stereocenters. The molecule has 0 aliphatic heterocycles. The minimum Gasteiger partial charge on any atom is -0.393 e. The lowest BCUT2D eigenvalue weighted by Crippen LogP contribution is -2.16. The maximum absolute atomic E-state index is 12.1. The molecule has 0 saturated carbocycles. The molecule has 1 aromatic heterocycles. The van der Waals surface area contributed by atoms with Crippen molar-refractivity contribution in [1.82, 2.24) is 4.98 Å². The van der Waals surface area contributed by atoms with Crippen LogP contribution in [0.3, 0.4) is 0 Å². The Morgan fingerprint density at radius 1 is 1.19 bits per heavy atom. The van der Waals surface area contributed by atoms with Crippen LogP contribution in [0.25, 0.3) is 11.3 Å². The molecular formula is C10H5F3NOS. The summed E-state index contributed by atoms with van der Waals surface area (Å²) in [6.45, 7) is 0. The third-order valence-electron chi connectivity index (χ3n) is 1.74. The molecule has 83 valence electrons. The minimum atomic E-state index is -4.70. The van der Waals surface area contributed by atoms with Gasteiger partial charge in [-0.2, -0.15) is 0 Å². The van der Waals surface area contributed by atoms with Crippen molar-refractivity contribution in [2.45, 2.75) is 6.36 Å². The average molecular weight is 244 g/mol. The van der Waals surface area contributed by atoms with E-state index in [0.717, 1.165) is 0 Å². The number of thiazole rings is 1. The van der Waals surface area contributed by atoms with Crippen molar-refractivity contribution in [3.05, 3.63) is 35.8 Å². The van der Waals surface area contributed by atoms with E-state index in [4.69, 9.17) is 0 Å². The van der Waals surface area contributed by atoms with Crippen molar-refractivity contribution < 1.29 is 17.9 Å². The topological polar surface area (TPSA) is 22.1 Å².